The summed E-state index contributed by atoms with van der Waals surface area (Å²) >= 11 is 0. The third-order valence-corrected chi connectivity index (χ3v) is 2.04. The number of rotatable bonds is 3. The maximum Gasteiger partial charge on any atom is 0.132 e. The number of hydrogen-bond acceptors (Lipinski definition) is 3. The average Bonchev–Trinajstić information content (AvgIpc) is 2.75. The molecule has 14 heavy (non-hydrogen) atoms. The molecule has 0 aliphatic heterocycles. The van der Waals surface area contributed by atoms with Crippen LogP contribution in [0.2, 0.25) is 0 Å². The van der Waals surface area contributed by atoms with Gasteiger partial charge in [-0.2, -0.15) is 5.10 Å². The van der Waals surface area contributed by atoms with Crippen LogP contribution in [-0.2, 0) is 13.5 Å². The van der Waals surface area contributed by atoms with Crippen LogP contribution in [-0.4, -0.2) is 14.9 Å². The fourth-order valence-corrected chi connectivity index (χ4v) is 1.35. The molecule has 1 atom stereocenters. The van der Waals surface area contributed by atoms with Crippen LogP contribution in [0.4, 0.5) is 0 Å². The third-order valence-electron chi connectivity index (χ3n) is 2.04. The van der Waals surface area contributed by atoms with Gasteiger partial charge in [-0.1, -0.05) is 0 Å². The van der Waals surface area contributed by atoms with Crippen LogP contribution in [0.15, 0.2) is 35.1 Å². The van der Waals surface area contributed by atoms with Gasteiger partial charge in [0, 0.05) is 19.7 Å². The molecular formula is C10H12N2O2. The van der Waals surface area contributed by atoms with Gasteiger partial charge in [-0.15, -0.1) is 0 Å². The average molecular weight is 192 g/mol. The minimum Gasteiger partial charge on any atom is -0.467 e. The highest BCUT2D eigenvalue weighted by Crippen LogP contribution is 2.17. The van der Waals surface area contributed by atoms with Crippen LogP contribution in [0.5, 0.6) is 0 Å². The van der Waals surface area contributed by atoms with Gasteiger partial charge in [-0.3, -0.25) is 4.68 Å². The molecule has 2 heterocycles. The molecule has 1 N–H and O–H groups in total. The van der Waals surface area contributed by atoms with Crippen LogP contribution >= 0.6 is 0 Å². The second-order valence-electron chi connectivity index (χ2n) is 3.22. The predicted octanol–water partition coefficient (Wildman–Crippen LogP) is 1.29. The summed E-state index contributed by atoms with van der Waals surface area (Å²) in [4.78, 5) is 0. The molecule has 0 amide bonds. The molecule has 2 rings (SSSR count). The van der Waals surface area contributed by atoms with E-state index in [1.807, 2.05) is 19.3 Å². The minimum atomic E-state index is -0.611. The number of hydrogen-bond donors (Lipinski definition) is 1. The lowest BCUT2D eigenvalue weighted by Gasteiger charge is -2.04. The molecule has 0 aromatic carbocycles. The number of aromatic nitrogens is 2. The van der Waals surface area contributed by atoms with Crippen LogP contribution in [0.3, 0.4) is 0 Å². The summed E-state index contributed by atoms with van der Waals surface area (Å²) in [7, 11) is 1.85. The van der Waals surface area contributed by atoms with Gasteiger partial charge in [0.25, 0.3) is 0 Å². The summed E-state index contributed by atoms with van der Waals surface area (Å²) in [5, 5.41) is 13.9. The maximum atomic E-state index is 9.73. The van der Waals surface area contributed by atoms with Gasteiger partial charge < -0.3 is 9.52 Å². The fraction of sp³-hybridized carbons (Fsp3) is 0.300. The first-order chi connectivity index (χ1) is 6.75. The molecule has 0 fully saturated rings. The molecule has 0 bridgehead atoms. The molecule has 1 unspecified atom stereocenters. The van der Waals surface area contributed by atoms with Crippen LogP contribution in [0.25, 0.3) is 0 Å². The second kappa shape index (κ2) is 3.67. The highest BCUT2D eigenvalue weighted by Gasteiger charge is 2.12. The first-order valence-corrected chi connectivity index (χ1v) is 4.45. The van der Waals surface area contributed by atoms with E-state index in [4.69, 9.17) is 4.42 Å². The van der Waals surface area contributed by atoms with Crippen LogP contribution < -0.4 is 0 Å². The Morgan fingerprint density at radius 3 is 3.00 bits per heavy atom. The molecule has 0 radical (unpaired) electrons. The Labute approximate surface area is 81.8 Å². The monoisotopic (exact) mass is 192 g/mol. The zero-order valence-electron chi connectivity index (χ0n) is 7.92. The normalized spacial score (nSPS) is 13.0. The molecular weight excluding hydrogens is 180 g/mol. The lowest BCUT2D eigenvalue weighted by molar-refractivity contribution is 0.149. The van der Waals surface area contributed by atoms with Crippen molar-refractivity contribution in [1.29, 1.82) is 0 Å². The van der Waals surface area contributed by atoms with Crippen molar-refractivity contribution in [2.45, 2.75) is 12.5 Å². The van der Waals surface area contributed by atoms with Gasteiger partial charge in [0.2, 0.25) is 0 Å². The van der Waals surface area contributed by atoms with Crippen molar-refractivity contribution in [2.75, 3.05) is 0 Å². The Kier molecular flexibility index (Phi) is 2.37. The summed E-state index contributed by atoms with van der Waals surface area (Å²) in [6.07, 6.45) is 3.27. The second-order valence-corrected chi connectivity index (χ2v) is 3.22. The first kappa shape index (κ1) is 9.02. The van der Waals surface area contributed by atoms with Crippen molar-refractivity contribution in [3.05, 3.63) is 42.1 Å². The van der Waals surface area contributed by atoms with Gasteiger partial charge >= 0.3 is 0 Å². The lowest BCUT2D eigenvalue weighted by Crippen LogP contribution is -2.01. The SMILES string of the molecule is Cn1ccc(CC(O)c2ccco2)n1. The largest absolute Gasteiger partial charge is 0.467 e. The lowest BCUT2D eigenvalue weighted by atomic mass is 10.1. The minimum absolute atomic E-state index is 0.481. The van der Waals surface area contributed by atoms with Crippen LogP contribution in [0, 0.1) is 0 Å². The maximum absolute atomic E-state index is 9.73. The summed E-state index contributed by atoms with van der Waals surface area (Å²) in [6, 6.07) is 5.40. The summed E-state index contributed by atoms with van der Waals surface area (Å²) in [6.45, 7) is 0. The van der Waals surface area contributed by atoms with Crippen molar-refractivity contribution in [2.24, 2.45) is 7.05 Å². The van der Waals surface area contributed by atoms with E-state index in [1.165, 1.54) is 0 Å². The first-order valence-electron chi connectivity index (χ1n) is 4.45. The van der Waals surface area contributed by atoms with Gasteiger partial charge in [0.05, 0.1) is 12.0 Å². The Morgan fingerprint density at radius 1 is 1.57 bits per heavy atom. The molecule has 0 saturated heterocycles. The van der Waals surface area contributed by atoms with Crippen molar-refractivity contribution in [1.82, 2.24) is 9.78 Å². The summed E-state index contributed by atoms with van der Waals surface area (Å²) in [5.74, 6) is 0.579. The van der Waals surface area contributed by atoms with E-state index in [2.05, 4.69) is 5.10 Å². The van der Waals surface area contributed by atoms with E-state index in [-0.39, 0.29) is 0 Å². The number of furan rings is 1. The Morgan fingerprint density at radius 2 is 2.43 bits per heavy atom. The number of aliphatic hydroxyl groups is 1. The molecule has 0 aliphatic rings. The van der Waals surface area contributed by atoms with Crippen molar-refractivity contribution in [3.63, 3.8) is 0 Å². The fourth-order valence-electron chi connectivity index (χ4n) is 1.35. The summed E-state index contributed by atoms with van der Waals surface area (Å²) in [5.41, 5.74) is 0.858. The highest BCUT2D eigenvalue weighted by molar-refractivity contribution is 5.07. The molecule has 0 saturated carbocycles. The molecule has 74 valence electrons. The van der Waals surface area contributed by atoms with Gasteiger partial charge in [-0.05, 0) is 18.2 Å². The van der Waals surface area contributed by atoms with E-state index < -0.39 is 6.10 Å². The predicted molar refractivity (Wildman–Crippen MR) is 50.6 cm³/mol. The molecule has 0 spiro atoms. The van der Waals surface area contributed by atoms with Crippen molar-refractivity contribution >= 4 is 0 Å². The molecule has 2 aromatic heterocycles. The smallest absolute Gasteiger partial charge is 0.132 e. The molecule has 4 heteroatoms. The van der Waals surface area contributed by atoms with Gasteiger partial charge in [0.1, 0.15) is 11.9 Å². The zero-order chi connectivity index (χ0) is 9.97. The highest BCUT2D eigenvalue weighted by atomic mass is 16.4. The van der Waals surface area contributed by atoms with Gasteiger partial charge in [0.15, 0.2) is 0 Å². The summed E-state index contributed by atoms with van der Waals surface area (Å²) < 4.78 is 6.80. The third kappa shape index (κ3) is 1.85. The number of aliphatic hydroxyl groups excluding tert-OH is 1. The van der Waals surface area contributed by atoms with E-state index in [1.54, 1.807) is 23.1 Å². The van der Waals surface area contributed by atoms with Crippen molar-refractivity contribution in [3.8, 4) is 0 Å². The Bertz CT molecular complexity index is 392. The van der Waals surface area contributed by atoms with E-state index >= 15 is 0 Å². The number of aryl methyl sites for hydroxylation is 1. The zero-order valence-corrected chi connectivity index (χ0v) is 7.92. The quantitative estimate of drug-likeness (QED) is 0.797. The standard InChI is InChI=1S/C10H12N2O2/c1-12-5-4-8(11-12)7-9(13)10-3-2-6-14-10/h2-6,9,13H,7H2,1H3. The topological polar surface area (TPSA) is 51.2 Å². The van der Waals surface area contributed by atoms with E-state index in [9.17, 15) is 5.11 Å². The Balaban J connectivity index is 2.05. The van der Waals surface area contributed by atoms with Crippen molar-refractivity contribution < 1.29 is 9.52 Å². The number of nitrogens with zero attached hydrogens (tertiary/aromatic N) is 2. The van der Waals surface area contributed by atoms with E-state index in [0.29, 0.717) is 12.2 Å². The van der Waals surface area contributed by atoms with Crippen LogP contribution in [0.1, 0.15) is 17.6 Å². The van der Waals surface area contributed by atoms with Gasteiger partial charge in [-0.25, -0.2) is 0 Å². The molecule has 0 aliphatic carbocycles. The van der Waals surface area contributed by atoms with E-state index in [0.717, 1.165) is 5.69 Å². The molecule has 2 aromatic rings. The molecule has 4 nitrogen and oxygen atoms in total. The Hall–Kier alpha value is -1.55.